The summed E-state index contributed by atoms with van der Waals surface area (Å²) in [5, 5.41) is 7.64. The molecule has 36 heavy (non-hydrogen) atoms. The number of hydrogen-bond donors (Lipinski definition) is 0. The molecule has 0 N–H and O–H groups in total. The lowest BCUT2D eigenvalue weighted by molar-refractivity contribution is -0.134. The van der Waals surface area contributed by atoms with E-state index in [1.807, 2.05) is 54.6 Å². The zero-order chi connectivity index (χ0) is 24.3. The van der Waals surface area contributed by atoms with Crippen LogP contribution >= 0.6 is 0 Å². The highest BCUT2D eigenvalue weighted by atomic mass is 16.2. The van der Waals surface area contributed by atoms with Crippen LogP contribution in [0.5, 0.6) is 0 Å². The van der Waals surface area contributed by atoms with Gasteiger partial charge in [0.25, 0.3) is 5.91 Å². The van der Waals surface area contributed by atoms with Gasteiger partial charge in [0.15, 0.2) is 0 Å². The Labute approximate surface area is 211 Å². The third kappa shape index (κ3) is 4.34. The third-order valence-electron chi connectivity index (χ3n) is 6.86. The lowest BCUT2D eigenvalue weighted by Crippen LogP contribution is -2.37. The minimum absolute atomic E-state index is 0.0427. The van der Waals surface area contributed by atoms with E-state index in [1.54, 1.807) is 5.01 Å². The highest BCUT2D eigenvalue weighted by Gasteiger charge is 2.34. The summed E-state index contributed by atoms with van der Waals surface area (Å²) in [4.78, 5) is 13.9. The van der Waals surface area contributed by atoms with Crippen molar-refractivity contribution in [1.82, 2.24) is 9.58 Å². The number of fused-ring (bicyclic) bond motifs is 1. The lowest BCUT2D eigenvalue weighted by Gasteiger charge is -2.30. The van der Waals surface area contributed by atoms with Gasteiger partial charge in [-0.3, -0.25) is 4.79 Å². The van der Waals surface area contributed by atoms with Gasteiger partial charge < -0.3 is 4.57 Å². The molecule has 1 aliphatic rings. The molecule has 0 saturated heterocycles. The van der Waals surface area contributed by atoms with E-state index in [9.17, 15) is 4.79 Å². The summed E-state index contributed by atoms with van der Waals surface area (Å²) in [6.45, 7) is 1.21. The molecule has 176 valence electrons. The standard InChI is InChI=1S/C32H27N3O/c36-32-28(29-23-34(21-24-12-4-1-5-13-24)31-19-11-10-18-27(29)31)20-30(26-16-8-3-9-17-26)33-35(32)22-25-14-6-2-7-15-25/h1-19,23,28H,20-22H2/t28-/m1/s1. The molecule has 1 atom stereocenters. The normalized spacial score (nSPS) is 15.8. The number of para-hydroxylation sites is 1. The van der Waals surface area contributed by atoms with Crippen molar-refractivity contribution in [3.63, 3.8) is 0 Å². The van der Waals surface area contributed by atoms with E-state index in [-0.39, 0.29) is 11.8 Å². The molecule has 0 unspecified atom stereocenters. The Balaban J connectivity index is 1.43. The van der Waals surface area contributed by atoms with E-state index < -0.39 is 0 Å². The number of nitrogens with zero attached hydrogens (tertiary/aromatic N) is 3. The van der Waals surface area contributed by atoms with Crippen LogP contribution in [0.25, 0.3) is 10.9 Å². The SMILES string of the molecule is O=C1[C@@H](c2cn(Cc3ccccc3)c3ccccc23)CC(c2ccccc2)=NN1Cc1ccccc1. The Bertz CT molecular complexity index is 1520. The van der Waals surface area contributed by atoms with Gasteiger partial charge in [0.2, 0.25) is 0 Å². The van der Waals surface area contributed by atoms with Gasteiger partial charge >= 0.3 is 0 Å². The molecule has 5 aromatic rings. The number of aromatic nitrogens is 1. The first kappa shape index (κ1) is 22.1. The third-order valence-corrected chi connectivity index (χ3v) is 6.86. The van der Waals surface area contributed by atoms with Crippen LogP contribution in [0, 0.1) is 0 Å². The van der Waals surface area contributed by atoms with E-state index in [0.717, 1.165) is 39.8 Å². The van der Waals surface area contributed by atoms with Gasteiger partial charge in [-0.05, 0) is 28.3 Å². The number of hydrogen-bond acceptors (Lipinski definition) is 2. The first-order valence-corrected chi connectivity index (χ1v) is 12.4. The fourth-order valence-electron chi connectivity index (χ4n) is 5.08. The molecule has 0 spiro atoms. The van der Waals surface area contributed by atoms with Gasteiger partial charge in [-0.25, -0.2) is 5.01 Å². The molecule has 1 amide bonds. The van der Waals surface area contributed by atoms with Crippen LogP contribution in [0.4, 0.5) is 0 Å². The molecule has 4 nitrogen and oxygen atoms in total. The average molecular weight is 470 g/mol. The van der Waals surface area contributed by atoms with E-state index >= 15 is 0 Å². The molecular formula is C32H27N3O. The minimum atomic E-state index is -0.302. The number of carbonyl (C=O) groups excluding carboxylic acids is 1. The number of rotatable bonds is 6. The average Bonchev–Trinajstić information content (AvgIpc) is 3.29. The molecule has 1 aromatic heterocycles. The summed E-state index contributed by atoms with van der Waals surface area (Å²) in [5.74, 6) is -0.260. The Morgan fingerprint density at radius 2 is 1.28 bits per heavy atom. The Kier molecular flexibility index (Phi) is 5.92. The molecule has 0 fully saturated rings. The Hall–Kier alpha value is -4.44. The highest BCUT2D eigenvalue weighted by Crippen LogP contribution is 2.35. The van der Waals surface area contributed by atoms with Crippen LogP contribution in [0.1, 0.15) is 34.6 Å². The van der Waals surface area contributed by atoms with E-state index in [0.29, 0.717) is 13.0 Å². The van der Waals surface area contributed by atoms with Crippen LogP contribution < -0.4 is 0 Å². The van der Waals surface area contributed by atoms with Crippen molar-refractivity contribution in [2.75, 3.05) is 0 Å². The Morgan fingerprint density at radius 3 is 1.97 bits per heavy atom. The zero-order valence-corrected chi connectivity index (χ0v) is 20.0. The summed E-state index contributed by atoms with van der Waals surface area (Å²) in [7, 11) is 0. The van der Waals surface area contributed by atoms with Gasteiger partial charge in [-0.2, -0.15) is 5.10 Å². The van der Waals surface area contributed by atoms with Crippen LogP contribution in [0.3, 0.4) is 0 Å². The molecule has 6 rings (SSSR count). The second-order valence-corrected chi connectivity index (χ2v) is 9.27. The number of benzene rings is 4. The zero-order valence-electron chi connectivity index (χ0n) is 20.0. The lowest BCUT2D eigenvalue weighted by atomic mass is 9.88. The molecule has 4 heteroatoms. The number of amides is 1. The van der Waals surface area contributed by atoms with E-state index in [4.69, 9.17) is 5.10 Å². The van der Waals surface area contributed by atoms with Crippen LogP contribution in [-0.4, -0.2) is 21.2 Å². The Morgan fingerprint density at radius 1 is 0.694 bits per heavy atom. The summed E-state index contributed by atoms with van der Waals surface area (Å²) >= 11 is 0. The molecule has 2 heterocycles. The fourth-order valence-corrected chi connectivity index (χ4v) is 5.08. The summed E-state index contributed by atoms with van der Waals surface area (Å²) in [5.41, 5.74) is 6.50. The van der Waals surface area contributed by atoms with Gasteiger partial charge in [0.1, 0.15) is 0 Å². The van der Waals surface area contributed by atoms with Crippen LogP contribution in [-0.2, 0) is 17.9 Å². The molecular weight excluding hydrogens is 442 g/mol. The van der Waals surface area contributed by atoms with Gasteiger partial charge in [-0.15, -0.1) is 0 Å². The van der Waals surface area contributed by atoms with E-state index in [1.165, 1.54) is 5.56 Å². The highest BCUT2D eigenvalue weighted by molar-refractivity contribution is 6.07. The maximum Gasteiger partial charge on any atom is 0.250 e. The topological polar surface area (TPSA) is 37.6 Å². The summed E-state index contributed by atoms with van der Waals surface area (Å²) in [6, 6.07) is 39.1. The summed E-state index contributed by atoms with van der Waals surface area (Å²) < 4.78 is 2.27. The second kappa shape index (κ2) is 9.67. The predicted octanol–water partition coefficient (Wildman–Crippen LogP) is 6.61. The molecule has 0 aliphatic carbocycles. The summed E-state index contributed by atoms with van der Waals surface area (Å²) in [6.07, 6.45) is 2.75. The van der Waals surface area contributed by atoms with Crippen molar-refractivity contribution >= 4 is 22.5 Å². The predicted molar refractivity (Wildman–Crippen MR) is 145 cm³/mol. The van der Waals surface area contributed by atoms with E-state index in [2.05, 4.69) is 71.4 Å². The molecule has 0 bridgehead atoms. The molecule has 0 saturated carbocycles. The largest absolute Gasteiger partial charge is 0.343 e. The quantitative estimate of drug-likeness (QED) is 0.276. The van der Waals surface area contributed by atoms with Crippen molar-refractivity contribution in [1.29, 1.82) is 0 Å². The van der Waals surface area contributed by atoms with Crippen molar-refractivity contribution in [2.24, 2.45) is 5.10 Å². The minimum Gasteiger partial charge on any atom is -0.343 e. The smallest absolute Gasteiger partial charge is 0.250 e. The van der Waals surface area contributed by atoms with Gasteiger partial charge in [0, 0.05) is 30.1 Å². The van der Waals surface area contributed by atoms with Gasteiger partial charge in [0.05, 0.1) is 18.2 Å². The van der Waals surface area contributed by atoms with Crippen LogP contribution in [0.15, 0.2) is 127 Å². The van der Waals surface area contributed by atoms with Crippen molar-refractivity contribution in [3.05, 3.63) is 144 Å². The van der Waals surface area contributed by atoms with Crippen molar-refractivity contribution in [3.8, 4) is 0 Å². The maximum absolute atomic E-state index is 13.9. The first-order valence-electron chi connectivity index (χ1n) is 12.4. The van der Waals surface area contributed by atoms with Crippen molar-refractivity contribution in [2.45, 2.75) is 25.4 Å². The molecule has 1 aliphatic heterocycles. The van der Waals surface area contributed by atoms with Gasteiger partial charge in [-0.1, -0.05) is 109 Å². The molecule has 4 aromatic carbocycles. The number of carbonyl (C=O) groups is 1. The second-order valence-electron chi connectivity index (χ2n) is 9.27. The number of hydrazone groups is 1. The van der Waals surface area contributed by atoms with Crippen molar-refractivity contribution < 1.29 is 4.79 Å². The molecule has 0 radical (unpaired) electrons. The van der Waals surface area contributed by atoms with Crippen LogP contribution in [0.2, 0.25) is 0 Å². The first-order chi connectivity index (χ1) is 17.8. The monoisotopic (exact) mass is 469 g/mol. The maximum atomic E-state index is 13.9. The fraction of sp³-hybridized carbons (Fsp3) is 0.125.